The lowest BCUT2D eigenvalue weighted by molar-refractivity contribution is -0.124. The van der Waals surface area contributed by atoms with Crippen LogP contribution in [0.3, 0.4) is 0 Å². The van der Waals surface area contributed by atoms with E-state index in [9.17, 15) is 13.2 Å². The highest BCUT2D eigenvalue weighted by Crippen LogP contribution is 2.27. The number of nitrogens with one attached hydrogen (secondary N) is 2. The van der Waals surface area contributed by atoms with Crippen molar-refractivity contribution in [1.82, 2.24) is 10.2 Å². The molecule has 0 spiro atoms. The van der Waals surface area contributed by atoms with Crippen LogP contribution in [0.25, 0.3) is 6.08 Å². The molecular weight excluding hydrogens is 384 g/mol. The summed E-state index contributed by atoms with van der Waals surface area (Å²) in [6.45, 7) is 0.199. The minimum atomic E-state index is -3.72. The Morgan fingerprint density at radius 3 is 2.54 bits per heavy atom. The van der Waals surface area contributed by atoms with Gasteiger partial charge in [0.25, 0.3) is 5.91 Å². The number of hydrogen-bond donors (Lipinski definition) is 3. The van der Waals surface area contributed by atoms with Crippen molar-refractivity contribution in [2.24, 2.45) is 0 Å². The molecule has 0 aliphatic heterocycles. The minimum absolute atomic E-state index is 0.0753. The van der Waals surface area contributed by atoms with E-state index in [1.54, 1.807) is 31.4 Å². The van der Waals surface area contributed by atoms with Crippen LogP contribution in [0.1, 0.15) is 11.1 Å². The largest absolute Gasteiger partial charge is 0.493 e. The summed E-state index contributed by atoms with van der Waals surface area (Å²) in [5.41, 5.74) is 2.87. The van der Waals surface area contributed by atoms with E-state index in [1.807, 2.05) is 6.07 Å². The predicted molar refractivity (Wildman–Crippen MR) is 104 cm³/mol. The Balaban J connectivity index is 2.04. The van der Waals surface area contributed by atoms with E-state index in [1.165, 1.54) is 30.8 Å². The Kier molecular flexibility index (Phi) is 7.56. The number of ether oxygens (including phenoxy) is 2. The van der Waals surface area contributed by atoms with E-state index < -0.39 is 15.9 Å². The summed E-state index contributed by atoms with van der Waals surface area (Å²) in [5, 5.41) is 8.48. The fraction of sp³-hybridized carbons (Fsp3) is 0.211. The van der Waals surface area contributed by atoms with Crippen molar-refractivity contribution >= 4 is 22.0 Å². The summed E-state index contributed by atoms with van der Waals surface area (Å²) in [4.78, 5) is 11.1. The first kappa shape index (κ1) is 21.4. The molecule has 2 rings (SSSR count). The highest BCUT2D eigenvalue weighted by Gasteiger charge is 2.14. The molecular formula is C19H22N2O6S. The van der Waals surface area contributed by atoms with Crippen molar-refractivity contribution in [2.45, 2.75) is 11.3 Å². The number of methoxy groups -OCH3 is 2. The maximum absolute atomic E-state index is 12.5. The molecule has 9 heteroatoms. The van der Waals surface area contributed by atoms with E-state index >= 15 is 0 Å². The van der Waals surface area contributed by atoms with Crippen LogP contribution >= 0.6 is 0 Å². The van der Waals surface area contributed by atoms with Gasteiger partial charge >= 0.3 is 0 Å². The topological polar surface area (TPSA) is 114 Å². The molecule has 0 fully saturated rings. The molecule has 28 heavy (non-hydrogen) atoms. The molecule has 150 valence electrons. The van der Waals surface area contributed by atoms with E-state index in [4.69, 9.17) is 14.7 Å². The lowest BCUT2D eigenvalue weighted by Crippen LogP contribution is -2.26. The van der Waals surface area contributed by atoms with Crippen LogP contribution in [0.2, 0.25) is 0 Å². The first-order valence-electron chi connectivity index (χ1n) is 8.32. The van der Waals surface area contributed by atoms with Crippen LogP contribution in [-0.4, -0.2) is 40.3 Å². The number of hydroxylamine groups is 1. The number of sulfonamides is 1. The molecule has 0 unspecified atom stereocenters. The summed E-state index contributed by atoms with van der Waals surface area (Å²) in [5.74, 6) is 0.474. The van der Waals surface area contributed by atoms with Gasteiger partial charge in [-0.25, -0.2) is 18.6 Å². The molecule has 0 saturated carbocycles. The molecule has 2 aromatic rings. The molecule has 0 aliphatic carbocycles. The average molecular weight is 406 g/mol. The Hall–Kier alpha value is -2.88. The molecule has 1 amide bonds. The highest BCUT2D eigenvalue weighted by atomic mass is 32.2. The Morgan fingerprint density at radius 2 is 1.86 bits per heavy atom. The number of hydrogen-bond acceptors (Lipinski definition) is 6. The predicted octanol–water partition coefficient (Wildman–Crippen LogP) is 1.74. The summed E-state index contributed by atoms with van der Waals surface area (Å²) in [7, 11) is -0.631. The van der Waals surface area contributed by atoms with Crippen molar-refractivity contribution in [3.8, 4) is 11.5 Å². The normalized spacial score (nSPS) is 11.4. The second kappa shape index (κ2) is 9.88. The zero-order chi connectivity index (χ0) is 20.6. The van der Waals surface area contributed by atoms with Crippen LogP contribution in [0.15, 0.2) is 53.4 Å². The van der Waals surface area contributed by atoms with E-state index in [-0.39, 0.29) is 11.4 Å². The van der Waals surface area contributed by atoms with Crippen molar-refractivity contribution in [1.29, 1.82) is 0 Å². The lowest BCUT2D eigenvalue weighted by Gasteiger charge is -2.10. The van der Waals surface area contributed by atoms with Gasteiger partial charge in [-0.1, -0.05) is 18.2 Å². The van der Waals surface area contributed by atoms with E-state index in [2.05, 4.69) is 4.72 Å². The van der Waals surface area contributed by atoms with Crippen LogP contribution < -0.4 is 19.7 Å². The van der Waals surface area contributed by atoms with Crippen molar-refractivity contribution in [3.63, 3.8) is 0 Å². The quantitative estimate of drug-likeness (QED) is 0.332. The van der Waals surface area contributed by atoms with Crippen LogP contribution in [0, 0.1) is 0 Å². The second-order valence-electron chi connectivity index (χ2n) is 5.72. The van der Waals surface area contributed by atoms with Crippen molar-refractivity contribution < 1.29 is 27.9 Å². The standard InChI is InChI=1S/C19H22N2O6S/c1-26-17-8-6-15(13-18(17)27-2)10-11-20-28(24,25)16-5-3-4-14(12-16)7-9-19(22)21-23/h3-9,12-13,20,23H,10-11H2,1-2H3,(H,21,22). The number of benzene rings is 2. The second-order valence-corrected chi connectivity index (χ2v) is 7.49. The zero-order valence-electron chi connectivity index (χ0n) is 15.5. The van der Waals surface area contributed by atoms with Gasteiger partial charge in [0, 0.05) is 12.6 Å². The van der Waals surface area contributed by atoms with Crippen molar-refractivity contribution in [2.75, 3.05) is 20.8 Å². The molecule has 8 nitrogen and oxygen atoms in total. The average Bonchev–Trinajstić information content (AvgIpc) is 2.71. The molecule has 0 aromatic heterocycles. The first-order chi connectivity index (χ1) is 13.4. The van der Waals surface area contributed by atoms with Gasteiger partial charge in [0.2, 0.25) is 10.0 Å². The number of rotatable bonds is 9. The van der Waals surface area contributed by atoms with Gasteiger partial charge in [-0.15, -0.1) is 0 Å². The molecule has 2 aromatic carbocycles. The fourth-order valence-electron chi connectivity index (χ4n) is 2.44. The maximum atomic E-state index is 12.5. The number of carbonyl (C=O) groups excluding carboxylic acids is 1. The zero-order valence-corrected chi connectivity index (χ0v) is 16.3. The van der Waals surface area contributed by atoms with Crippen LogP contribution in [0.4, 0.5) is 0 Å². The summed E-state index contributed by atoms with van der Waals surface area (Å²) in [6, 6.07) is 11.5. The number of carbonyl (C=O) groups is 1. The first-order valence-corrected chi connectivity index (χ1v) is 9.80. The van der Waals surface area contributed by atoms with Gasteiger partial charge in [0.1, 0.15) is 0 Å². The maximum Gasteiger partial charge on any atom is 0.267 e. The van der Waals surface area contributed by atoms with Gasteiger partial charge in [-0.3, -0.25) is 10.0 Å². The molecule has 0 aliphatic rings. The Bertz CT molecular complexity index is 957. The molecule has 0 atom stereocenters. The highest BCUT2D eigenvalue weighted by molar-refractivity contribution is 7.89. The van der Waals surface area contributed by atoms with Gasteiger partial charge in [-0.05, 0) is 47.9 Å². The molecule has 3 N–H and O–H groups in total. The Labute approximate surface area is 163 Å². The third kappa shape index (κ3) is 5.81. The molecule has 0 bridgehead atoms. The summed E-state index contributed by atoms with van der Waals surface area (Å²) >= 11 is 0. The molecule has 0 radical (unpaired) electrons. The fourth-order valence-corrected chi connectivity index (χ4v) is 3.53. The third-order valence-electron chi connectivity index (χ3n) is 3.86. The third-order valence-corrected chi connectivity index (χ3v) is 5.32. The van der Waals surface area contributed by atoms with Gasteiger partial charge < -0.3 is 9.47 Å². The van der Waals surface area contributed by atoms with E-state index in [0.717, 1.165) is 11.6 Å². The molecule has 0 saturated heterocycles. The SMILES string of the molecule is COc1ccc(CCNS(=O)(=O)c2cccc(C=CC(=O)NO)c2)cc1OC. The minimum Gasteiger partial charge on any atom is -0.493 e. The summed E-state index contributed by atoms with van der Waals surface area (Å²) < 4.78 is 38.0. The van der Waals surface area contributed by atoms with Crippen LogP contribution in [0.5, 0.6) is 11.5 Å². The van der Waals surface area contributed by atoms with Gasteiger partial charge in [0.15, 0.2) is 11.5 Å². The summed E-state index contributed by atoms with van der Waals surface area (Å²) in [6.07, 6.45) is 2.96. The lowest BCUT2D eigenvalue weighted by atomic mass is 10.1. The number of amides is 1. The monoisotopic (exact) mass is 406 g/mol. The van der Waals surface area contributed by atoms with E-state index in [0.29, 0.717) is 23.5 Å². The Morgan fingerprint density at radius 1 is 1.11 bits per heavy atom. The smallest absolute Gasteiger partial charge is 0.267 e. The van der Waals surface area contributed by atoms with Gasteiger partial charge in [-0.2, -0.15) is 0 Å². The van der Waals surface area contributed by atoms with Crippen LogP contribution in [-0.2, 0) is 21.2 Å². The molecule has 0 heterocycles. The van der Waals surface area contributed by atoms with Crippen molar-refractivity contribution in [3.05, 3.63) is 59.7 Å². The van der Waals surface area contributed by atoms with Gasteiger partial charge in [0.05, 0.1) is 19.1 Å².